The summed E-state index contributed by atoms with van der Waals surface area (Å²) in [6, 6.07) is 8.62. The number of carbonyl (C=O) groups excluding carboxylic acids is 1. The summed E-state index contributed by atoms with van der Waals surface area (Å²) in [5.41, 5.74) is 1.23. The van der Waals surface area contributed by atoms with Crippen LogP contribution in [0.25, 0.3) is 11.0 Å². The average Bonchev–Trinajstić information content (AvgIpc) is 3.08. The number of aromatic nitrogens is 2. The smallest absolute Gasteiger partial charge is 0.349 e. The number of aromatic amines is 1. The molecule has 1 amide bonds. The Labute approximate surface area is 163 Å². The lowest BCUT2D eigenvalue weighted by molar-refractivity contribution is 0.0947. The molecule has 0 bridgehead atoms. The lowest BCUT2D eigenvalue weighted by Crippen LogP contribution is -2.28. The molecule has 0 radical (unpaired) electrons. The van der Waals surface area contributed by atoms with Crippen LogP contribution in [-0.4, -0.2) is 22.2 Å². The van der Waals surface area contributed by atoms with Gasteiger partial charge in [-0.05, 0) is 38.1 Å². The van der Waals surface area contributed by atoms with Gasteiger partial charge in [0.2, 0.25) is 0 Å². The van der Waals surface area contributed by atoms with Gasteiger partial charge in [0.15, 0.2) is 0 Å². The zero-order valence-electron chi connectivity index (χ0n) is 16.8. The number of fused-ring (bicyclic) bond motifs is 1. The highest BCUT2D eigenvalue weighted by Crippen LogP contribution is 2.22. The summed E-state index contributed by atoms with van der Waals surface area (Å²) in [5, 5.41) is 10.5. The monoisotopic (exact) mass is 383 g/mol. The third-order valence-electron chi connectivity index (χ3n) is 4.16. The second-order valence-corrected chi connectivity index (χ2v) is 8.02. The molecule has 0 spiro atoms. The van der Waals surface area contributed by atoms with E-state index in [1.165, 1.54) is 6.07 Å². The standard InChI is InChI=1S/C21H25N3O4/c1-12(2)27-15-7-6-13-8-16(20(26)28-17(13)10-15)19(25)22-11-14-9-18(24-23-14)21(3,4)5/h6-10,12H,11H2,1-5H3,(H,22,25)(H,23,24). The van der Waals surface area contributed by atoms with Gasteiger partial charge in [-0.3, -0.25) is 9.89 Å². The molecule has 0 aliphatic carbocycles. The summed E-state index contributed by atoms with van der Waals surface area (Å²) in [6.45, 7) is 10.2. The predicted molar refractivity (Wildman–Crippen MR) is 107 cm³/mol. The van der Waals surface area contributed by atoms with Crippen molar-refractivity contribution in [1.29, 1.82) is 0 Å². The van der Waals surface area contributed by atoms with E-state index in [1.54, 1.807) is 18.2 Å². The second-order valence-electron chi connectivity index (χ2n) is 8.02. The molecule has 0 unspecified atom stereocenters. The molecule has 3 rings (SSSR count). The van der Waals surface area contributed by atoms with Gasteiger partial charge in [0.25, 0.3) is 5.91 Å². The van der Waals surface area contributed by atoms with Crippen LogP contribution in [0, 0.1) is 0 Å². The Morgan fingerprint density at radius 3 is 2.64 bits per heavy atom. The van der Waals surface area contributed by atoms with Crippen LogP contribution in [0.4, 0.5) is 0 Å². The Bertz CT molecular complexity index is 1060. The highest BCUT2D eigenvalue weighted by molar-refractivity contribution is 5.96. The van der Waals surface area contributed by atoms with Gasteiger partial charge >= 0.3 is 5.63 Å². The van der Waals surface area contributed by atoms with Crippen LogP contribution in [0.2, 0.25) is 0 Å². The number of amides is 1. The average molecular weight is 383 g/mol. The number of nitrogens with zero attached hydrogens (tertiary/aromatic N) is 1. The molecule has 7 nitrogen and oxygen atoms in total. The van der Waals surface area contributed by atoms with Gasteiger partial charge in [-0.15, -0.1) is 0 Å². The van der Waals surface area contributed by atoms with Crippen molar-refractivity contribution >= 4 is 16.9 Å². The molecule has 0 saturated carbocycles. The maximum atomic E-state index is 12.5. The molecule has 0 aliphatic heterocycles. The Kier molecular flexibility index (Phi) is 5.27. The lowest BCUT2D eigenvalue weighted by Gasteiger charge is -2.13. The first-order valence-electron chi connectivity index (χ1n) is 9.21. The second kappa shape index (κ2) is 7.50. The third kappa shape index (κ3) is 4.42. The molecule has 0 atom stereocenters. The van der Waals surface area contributed by atoms with Crippen molar-refractivity contribution in [2.24, 2.45) is 0 Å². The minimum Gasteiger partial charge on any atom is -0.491 e. The van der Waals surface area contributed by atoms with E-state index in [2.05, 4.69) is 36.3 Å². The molecular formula is C21H25N3O4. The molecule has 2 aromatic heterocycles. The maximum absolute atomic E-state index is 12.5. The number of hydrogen-bond donors (Lipinski definition) is 2. The molecule has 2 heterocycles. The summed E-state index contributed by atoms with van der Waals surface area (Å²) in [5.74, 6) is 0.113. The Morgan fingerprint density at radius 2 is 2.00 bits per heavy atom. The fourth-order valence-electron chi connectivity index (χ4n) is 2.70. The quantitative estimate of drug-likeness (QED) is 0.657. The van der Waals surface area contributed by atoms with Crippen LogP contribution in [-0.2, 0) is 12.0 Å². The van der Waals surface area contributed by atoms with Crippen molar-refractivity contribution in [3.8, 4) is 5.75 Å². The molecule has 28 heavy (non-hydrogen) atoms. The number of ether oxygens (including phenoxy) is 1. The van der Waals surface area contributed by atoms with Crippen LogP contribution >= 0.6 is 0 Å². The van der Waals surface area contributed by atoms with E-state index in [-0.39, 0.29) is 23.6 Å². The van der Waals surface area contributed by atoms with Crippen molar-refractivity contribution in [2.75, 3.05) is 0 Å². The van der Waals surface area contributed by atoms with Gasteiger partial charge in [0.1, 0.15) is 16.9 Å². The van der Waals surface area contributed by atoms with Crippen LogP contribution in [0.1, 0.15) is 56.4 Å². The Balaban J connectivity index is 1.77. The number of carbonyl (C=O) groups is 1. The van der Waals surface area contributed by atoms with Crippen LogP contribution in [0.5, 0.6) is 5.75 Å². The largest absolute Gasteiger partial charge is 0.491 e. The van der Waals surface area contributed by atoms with Crippen LogP contribution < -0.4 is 15.7 Å². The summed E-state index contributed by atoms with van der Waals surface area (Å²) in [4.78, 5) is 24.7. The first-order chi connectivity index (χ1) is 13.1. The van der Waals surface area contributed by atoms with E-state index in [9.17, 15) is 9.59 Å². The molecule has 3 aromatic rings. The molecule has 0 fully saturated rings. The van der Waals surface area contributed by atoms with Gasteiger partial charge in [0.05, 0.1) is 24.0 Å². The minimum absolute atomic E-state index is 0.00973. The van der Waals surface area contributed by atoms with Gasteiger partial charge in [-0.2, -0.15) is 5.10 Å². The van der Waals surface area contributed by atoms with E-state index >= 15 is 0 Å². The number of nitrogens with one attached hydrogen (secondary N) is 2. The number of H-pyrrole nitrogens is 1. The molecule has 2 N–H and O–H groups in total. The van der Waals surface area contributed by atoms with Crippen LogP contribution in [0.3, 0.4) is 0 Å². The van der Waals surface area contributed by atoms with E-state index in [0.29, 0.717) is 16.7 Å². The van der Waals surface area contributed by atoms with Crippen molar-refractivity contribution < 1.29 is 13.9 Å². The zero-order chi connectivity index (χ0) is 20.5. The topological polar surface area (TPSA) is 97.2 Å². The predicted octanol–water partition coefficient (Wildman–Crippen LogP) is 3.53. The fourth-order valence-corrected chi connectivity index (χ4v) is 2.70. The van der Waals surface area contributed by atoms with Crippen molar-refractivity contribution in [3.05, 3.63) is 57.7 Å². The highest BCUT2D eigenvalue weighted by Gasteiger charge is 2.18. The molecule has 7 heteroatoms. The van der Waals surface area contributed by atoms with Gasteiger partial charge in [0, 0.05) is 16.9 Å². The number of benzene rings is 1. The van der Waals surface area contributed by atoms with E-state index < -0.39 is 11.5 Å². The summed E-state index contributed by atoms with van der Waals surface area (Å²) >= 11 is 0. The van der Waals surface area contributed by atoms with Crippen molar-refractivity contribution in [2.45, 2.75) is 52.7 Å². The first-order valence-corrected chi connectivity index (χ1v) is 9.21. The van der Waals surface area contributed by atoms with E-state index in [1.807, 2.05) is 19.9 Å². The fraction of sp³-hybridized carbons (Fsp3) is 0.381. The molecule has 1 aromatic carbocycles. The number of hydrogen-bond acceptors (Lipinski definition) is 5. The van der Waals surface area contributed by atoms with Crippen molar-refractivity contribution in [3.63, 3.8) is 0 Å². The van der Waals surface area contributed by atoms with E-state index in [0.717, 1.165) is 11.4 Å². The van der Waals surface area contributed by atoms with Gasteiger partial charge in [-0.25, -0.2) is 4.79 Å². The highest BCUT2D eigenvalue weighted by atomic mass is 16.5. The van der Waals surface area contributed by atoms with Crippen LogP contribution in [0.15, 0.2) is 39.5 Å². The maximum Gasteiger partial charge on any atom is 0.349 e. The van der Waals surface area contributed by atoms with E-state index in [4.69, 9.17) is 9.15 Å². The molecular weight excluding hydrogens is 358 g/mol. The molecule has 0 aliphatic rings. The Hall–Kier alpha value is -3.09. The summed E-state index contributed by atoms with van der Waals surface area (Å²) in [7, 11) is 0. The summed E-state index contributed by atoms with van der Waals surface area (Å²) < 4.78 is 10.9. The third-order valence-corrected chi connectivity index (χ3v) is 4.16. The normalized spacial score (nSPS) is 11.8. The Morgan fingerprint density at radius 1 is 1.25 bits per heavy atom. The van der Waals surface area contributed by atoms with Gasteiger partial charge < -0.3 is 14.5 Å². The first kappa shape index (κ1) is 19.7. The minimum atomic E-state index is -0.688. The number of rotatable bonds is 5. The van der Waals surface area contributed by atoms with Crippen molar-refractivity contribution in [1.82, 2.24) is 15.5 Å². The lowest BCUT2D eigenvalue weighted by atomic mass is 9.92. The molecule has 0 saturated heterocycles. The summed E-state index contributed by atoms with van der Waals surface area (Å²) in [6.07, 6.45) is 0.00973. The SMILES string of the molecule is CC(C)Oc1ccc2cc(C(=O)NCc3cc(C(C)(C)C)n[nH]3)c(=O)oc2c1. The molecule has 148 valence electrons. The van der Waals surface area contributed by atoms with Gasteiger partial charge in [-0.1, -0.05) is 20.8 Å². The zero-order valence-corrected chi connectivity index (χ0v) is 16.8.